The number of carbonyl (C=O) groups is 2. The molecule has 2 amide bonds. The van der Waals surface area contributed by atoms with Crippen LogP contribution >= 0.6 is 0 Å². The third kappa shape index (κ3) is 1.99. The molecule has 2 rings (SSSR count). The largest absolute Gasteiger partial charge is 0.398 e. The molecular weight excluding hydrogens is 218 g/mol. The Balaban J connectivity index is 2.51. The fourth-order valence-corrected chi connectivity index (χ4v) is 1.81. The van der Waals surface area contributed by atoms with Gasteiger partial charge in [0.25, 0.3) is 5.91 Å². The zero-order valence-corrected chi connectivity index (χ0v) is 9.27. The maximum atomic E-state index is 12.2. The summed E-state index contributed by atoms with van der Waals surface area (Å²) in [6, 6.07) is 5.00. The van der Waals surface area contributed by atoms with Crippen LogP contribution in [0.4, 0.5) is 11.4 Å². The van der Waals surface area contributed by atoms with E-state index in [1.54, 1.807) is 24.3 Å². The normalized spacial score (nSPS) is 14.9. The fourth-order valence-electron chi connectivity index (χ4n) is 1.81. The van der Waals surface area contributed by atoms with Crippen LogP contribution in [0.3, 0.4) is 0 Å². The van der Waals surface area contributed by atoms with E-state index in [9.17, 15) is 9.59 Å². The number of amides is 2. The monoisotopic (exact) mass is 231 g/mol. The highest BCUT2D eigenvalue weighted by Crippen LogP contribution is 2.25. The summed E-state index contributed by atoms with van der Waals surface area (Å²) in [7, 11) is 0. The minimum absolute atomic E-state index is 0.0129. The maximum absolute atomic E-state index is 12.2. The standard InChI is InChI=1S/C12H13N3O2/c1-2-6-15-7-10(16)14-9-5-3-4-8(13)11(9)12(15)17/h2-5H,1,6-7,13H2,(H,14,16). The summed E-state index contributed by atoms with van der Waals surface area (Å²) in [5, 5.41) is 2.67. The predicted molar refractivity (Wildman–Crippen MR) is 65.6 cm³/mol. The number of rotatable bonds is 2. The zero-order chi connectivity index (χ0) is 12.4. The molecule has 5 heteroatoms. The van der Waals surface area contributed by atoms with E-state index in [0.29, 0.717) is 23.5 Å². The zero-order valence-electron chi connectivity index (χ0n) is 9.27. The molecule has 0 fully saturated rings. The van der Waals surface area contributed by atoms with E-state index in [2.05, 4.69) is 11.9 Å². The third-order valence-corrected chi connectivity index (χ3v) is 2.56. The molecule has 3 N–H and O–H groups in total. The summed E-state index contributed by atoms with van der Waals surface area (Å²) in [6.45, 7) is 3.90. The van der Waals surface area contributed by atoms with Gasteiger partial charge in [0.05, 0.1) is 11.3 Å². The van der Waals surface area contributed by atoms with Crippen LogP contribution in [0.1, 0.15) is 10.4 Å². The van der Waals surface area contributed by atoms with E-state index in [1.807, 2.05) is 0 Å². The van der Waals surface area contributed by atoms with Crippen LogP contribution in [0.2, 0.25) is 0 Å². The Labute approximate surface area is 98.9 Å². The van der Waals surface area contributed by atoms with Crippen molar-refractivity contribution < 1.29 is 9.59 Å². The molecule has 0 bridgehead atoms. The molecule has 0 atom stereocenters. The first-order chi connectivity index (χ1) is 8.13. The molecule has 1 aliphatic rings. The van der Waals surface area contributed by atoms with E-state index >= 15 is 0 Å². The lowest BCUT2D eigenvalue weighted by atomic mass is 10.1. The molecule has 1 aromatic carbocycles. The Bertz CT molecular complexity index is 497. The smallest absolute Gasteiger partial charge is 0.258 e. The molecule has 0 aromatic heterocycles. The average molecular weight is 231 g/mol. The highest BCUT2D eigenvalue weighted by atomic mass is 16.2. The van der Waals surface area contributed by atoms with Gasteiger partial charge in [0.15, 0.2) is 0 Å². The minimum Gasteiger partial charge on any atom is -0.398 e. The second-order valence-corrected chi connectivity index (χ2v) is 3.79. The van der Waals surface area contributed by atoms with Crippen LogP contribution in [0.15, 0.2) is 30.9 Å². The molecule has 0 saturated carbocycles. The van der Waals surface area contributed by atoms with E-state index in [0.717, 1.165) is 0 Å². The molecule has 1 heterocycles. The van der Waals surface area contributed by atoms with E-state index in [4.69, 9.17) is 5.73 Å². The summed E-state index contributed by atoms with van der Waals surface area (Å²) in [6.07, 6.45) is 1.58. The van der Waals surface area contributed by atoms with E-state index in [1.165, 1.54) is 4.90 Å². The number of fused-ring (bicyclic) bond motifs is 1. The number of nitrogens with zero attached hydrogens (tertiary/aromatic N) is 1. The lowest BCUT2D eigenvalue weighted by Gasteiger charge is -2.17. The number of nitrogens with one attached hydrogen (secondary N) is 1. The summed E-state index contributed by atoms with van der Waals surface area (Å²) in [5.74, 6) is -0.485. The molecule has 5 nitrogen and oxygen atoms in total. The van der Waals surface area contributed by atoms with Crippen LogP contribution in [0, 0.1) is 0 Å². The molecule has 0 unspecified atom stereocenters. The van der Waals surface area contributed by atoms with Crippen LogP contribution in [0.5, 0.6) is 0 Å². The lowest BCUT2D eigenvalue weighted by Crippen LogP contribution is -2.35. The Kier molecular flexibility index (Phi) is 2.82. The van der Waals surface area contributed by atoms with Gasteiger partial charge in [0, 0.05) is 12.2 Å². The lowest BCUT2D eigenvalue weighted by molar-refractivity contribution is -0.116. The minimum atomic E-state index is -0.253. The molecule has 0 radical (unpaired) electrons. The SMILES string of the molecule is C=CCN1CC(=O)Nc2cccc(N)c2C1=O. The first kappa shape index (κ1) is 11.2. The summed E-state index contributed by atoms with van der Waals surface area (Å²) in [5.41, 5.74) is 6.96. The van der Waals surface area contributed by atoms with Gasteiger partial charge in [-0.05, 0) is 12.1 Å². The van der Waals surface area contributed by atoms with Crippen molar-refractivity contribution in [3.63, 3.8) is 0 Å². The van der Waals surface area contributed by atoms with Crippen LogP contribution in [0.25, 0.3) is 0 Å². The molecule has 0 spiro atoms. The Morgan fingerprint density at radius 1 is 1.47 bits per heavy atom. The Morgan fingerprint density at radius 3 is 2.94 bits per heavy atom. The quantitative estimate of drug-likeness (QED) is 0.585. The van der Waals surface area contributed by atoms with Crippen LogP contribution in [-0.4, -0.2) is 29.8 Å². The van der Waals surface area contributed by atoms with Gasteiger partial charge in [0.1, 0.15) is 6.54 Å². The number of carbonyl (C=O) groups excluding carboxylic acids is 2. The van der Waals surface area contributed by atoms with Gasteiger partial charge in [-0.2, -0.15) is 0 Å². The van der Waals surface area contributed by atoms with Crippen molar-refractivity contribution in [2.75, 3.05) is 24.1 Å². The molecule has 1 aromatic rings. The van der Waals surface area contributed by atoms with E-state index in [-0.39, 0.29) is 18.4 Å². The van der Waals surface area contributed by atoms with Crippen molar-refractivity contribution in [3.05, 3.63) is 36.4 Å². The summed E-state index contributed by atoms with van der Waals surface area (Å²) in [4.78, 5) is 25.2. The van der Waals surface area contributed by atoms with Crippen molar-refractivity contribution in [2.24, 2.45) is 0 Å². The first-order valence-corrected chi connectivity index (χ1v) is 5.22. The van der Waals surface area contributed by atoms with Gasteiger partial charge in [-0.1, -0.05) is 12.1 Å². The highest BCUT2D eigenvalue weighted by molar-refractivity contribution is 6.11. The van der Waals surface area contributed by atoms with Gasteiger partial charge < -0.3 is 16.0 Å². The van der Waals surface area contributed by atoms with Crippen molar-refractivity contribution in [1.29, 1.82) is 0 Å². The van der Waals surface area contributed by atoms with E-state index < -0.39 is 0 Å². The van der Waals surface area contributed by atoms with Gasteiger partial charge in [-0.15, -0.1) is 6.58 Å². The number of nitrogens with two attached hydrogens (primary N) is 1. The molecule has 0 aliphatic carbocycles. The second kappa shape index (κ2) is 4.29. The highest BCUT2D eigenvalue weighted by Gasteiger charge is 2.26. The van der Waals surface area contributed by atoms with Crippen LogP contribution < -0.4 is 11.1 Å². The third-order valence-electron chi connectivity index (χ3n) is 2.56. The number of anilines is 2. The predicted octanol–water partition coefficient (Wildman–Crippen LogP) is 0.849. The fraction of sp³-hybridized carbons (Fsp3) is 0.167. The molecular formula is C12H13N3O2. The van der Waals surface area contributed by atoms with Gasteiger partial charge in [-0.3, -0.25) is 9.59 Å². The topological polar surface area (TPSA) is 75.4 Å². The molecule has 1 aliphatic heterocycles. The van der Waals surface area contributed by atoms with Gasteiger partial charge in [-0.25, -0.2) is 0 Å². The number of nitrogen functional groups attached to an aromatic ring is 1. The second-order valence-electron chi connectivity index (χ2n) is 3.79. The van der Waals surface area contributed by atoms with Crippen molar-refractivity contribution in [2.45, 2.75) is 0 Å². The Hall–Kier alpha value is -2.30. The van der Waals surface area contributed by atoms with Gasteiger partial charge in [0.2, 0.25) is 5.91 Å². The molecule has 17 heavy (non-hydrogen) atoms. The maximum Gasteiger partial charge on any atom is 0.258 e. The average Bonchev–Trinajstić information content (AvgIpc) is 2.38. The summed E-state index contributed by atoms with van der Waals surface area (Å²) < 4.78 is 0. The molecule has 0 saturated heterocycles. The van der Waals surface area contributed by atoms with Gasteiger partial charge >= 0.3 is 0 Å². The number of hydrogen-bond donors (Lipinski definition) is 2. The molecule has 88 valence electrons. The Morgan fingerprint density at radius 2 is 2.24 bits per heavy atom. The van der Waals surface area contributed by atoms with Crippen molar-refractivity contribution in [3.8, 4) is 0 Å². The summed E-state index contributed by atoms with van der Waals surface area (Å²) >= 11 is 0. The van der Waals surface area contributed by atoms with Crippen LogP contribution in [-0.2, 0) is 4.79 Å². The number of hydrogen-bond acceptors (Lipinski definition) is 3. The van der Waals surface area contributed by atoms with Crippen molar-refractivity contribution in [1.82, 2.24) is 4.90 Å². The first-order valence-electron chi connectivity index (χ1n) is 5.22. The number of benzene rings is 1. The van der Waals surface area contributed by atoms with Crippen molar-refractivity contribution >= 4 is 23.2 Å².